The number of amides is 1. The number of nitrogens with zero attached hydrogens (tertiary/aromatic N) is 2. The Bertz CT molecular complexity index is 683. The molecule has 24 heavy (non-hydrogen) atoms. The van der Waals surface area contributed by atoms with E-state index in [4.69, 9.17) is 4.74 Å². The Morgan fingerprint density at radius 1 is 1.33 bits per heavy atom. The van der Waals surface area contributed by atoms with E-state index in [1.54, 1.807) is 24.3 Å². The largest absolute Gasteiger partial charge is 0.491 e. The van der Waals surface area contributed by atoms with E-state index in [9.17, 15) is 23.1 Å². The van der Waals surface area contributed by atoms with E-state index in [2.05, 4.69) is 10.4 Å². The van der Waals surface area contributed by atoms with Crippen LogP contribution in [0.4, 0.5) is 18.9 Å². The van der Waals surface area contributed by atoms with Gasteiger partial charge in [-0.05, 0) is 30.3 Å². The zero-order chi connectivity index (χ0) is 17.7. The first kappa shape index (κ1) is 17.8. The van der Waals surface area contributed by atoms with E-state index in [1.165, 1.54) is 6.92 Å². The highest BCUT2D eigenvalue weighted by Crippen LogP contribution is 2.27. The van der Waals surface area contributed by atoms with Crippen molar-refractivity contribution in [3.05, 3.63) is 42.2 Å². The van der Waals surface area contributed by atoms with Crippen LogP contribution in [0.25, 0.3) is 0 Å². The van der Waals surface area contributed by atoms with Crippen molar-refractivity contribution in [2.45, 2.75) is 25.7 Å². The number of aliphatic hydroxyl groups is 1. The number of carbonyl (C=O) groups excluding carboxylic acids is 1. The Labute approximate surface area is 135 Å². The van der Waals surface area contributed by atoms with Gasteiger partial charge in [-0.15, -0.1) is 0 Å². The molecule has 0 fully saturated rings. The zero-order valence-electron chi connectivity index (χ0n) is 12.7. The third kappa shape index (κ3) is 5.27. The molecule has 1 unspecified atom stereocenters. The van der Waals surface area contributed by atoms with Crippen LogP contribution in [0.1, 0.15) is 12.6 Å². The Kier molecular flexibility index (Phi) is 5.45. The van der Waals surface area contributed by atoms with Crippen LogP contribution in [0, 0.1) is 0 Å². The lowest BCUT2D eigenvalue weighted by Gasteiger charge is -2.13. The summed E-state index contributed by atoms with van der Waals surface area (Å²) in [6, 6.07) is 7.31. The molecule has 1 atom stereocenters. The lowest BCUT2D eigenvalue weighted by atomic mass is 10.3. The SMILES string of the molecule is CC(=O)Nc1ccc(OCC(O)Cn2ccc(C(F)(F)F)n2)cc1. The molecule has 0 spiro atoms. The highest BCUT2D eigenvalue weighted by Gasteiger charge is 2.33. The fourth-order valence-corrected chi connectivity index (χ4v) is 1.91. The van der Waals surface area contributed by atoms with Crippen molar-refractivity contribution in [1.29, 1.82) is 0 Å². The van der Waals surface area contributed by atoms with Crippen LogP contribution < -0.4 is 10.1 Å². The lowest BCUT2D eigenvalue weighted by Crippen LogP contribution is -2.24. The molecule has 0 bridgehead atoms. The first-order chi connectivity index (χ1) is 11.2. The Morgan fingerprint density at radius 3 is 2.54 bits per heavy atom. The molecule has 0 saturated carbocycles. The monoisotopic (exact) mass is 343 g/mol. The summed E-state index contributed by atoms with van der Waals surface area (Å²) >= 11 is 0. The number of benzene rings is 1. The van der Waals surface area contributed by atoms with Gasteiger partial charge in [-0.1, -0.05) is 0 Å². The zero-order valence-corrected chi connectivity index (χ0v) is 12.7. The van der Waals surface area contributed by atoms with Gasteiger partial charge in [-0.3, -0.25) is 9.48 Å². The normalized spacial score (nSPS) is 12.7. The Hall–Kier alpha value is -2.55. The molecule has 1 aromatic carbocycles. The van der Waals surface area contributed by atoms with Crippen LogP contribution in [-0.2, 0) is 17.5 Å². The molecule has 2 N–H and O–H groups in total. The second kappa shape index (κ2) is 7.35. The molecular formula is C15H16F3N3O3. The summed E-state index contributed by atoms with van der Waals surface area (Å²) in [6.07, 6.45) is -4.39. The molecule has 0 aliphatic carbocycles. The molecule has 1 aromatic heterocycles. The van der Waals surface area contributed by atoms with Crippen molar-refractivity contribution in [2.75, 3.05) is 11.9 Å². The summed E-state index contributed by atoms with van der Waals surface area (Å²) < 4.78 is 43.7. The minimum absolute atomic E-state index is 0.110. The van der Waals surface area contributed by atoms with Crippen LogP contribution in [0.15, 0.2) is 36.5 Å². The second-order valence-electron chi connectivity index (χ2n) is 5.09. The predicted octanol–water partition coefficient (Wildman–Crippen LogP) is 2.30. The number of nitrogens with one attached hydrogen (secondary N) is 1. The number of ether oxygens (including phenoxy) is 1. The fraction of sp³-hybridized carbons (Fsp3) is 0.333. The fourth-order valence-electron chi connectivity index (χ4n) is 1.91. The van der Waals surface area contributed by atoms with Crippen molar-refractivity contribution in [1.82, 2.24) is 9.78 Å². The summed E-state index contributed by atoms with van der Waals surface area (Å²) in [7, 11) is 0. The van der Waals surface area contributed by atoms with Crippen molar-refractivity contribution < 1.29 is 27.8 Å². The van der Waals surface area contributed by atoms with Gasteiger partial charge in [0.05, 0.1) is 6.54 Å². The highest BCUT2D eigenvalue weighted by atomic mass is 19.4. The van der Waals surface area contributed by atoms with Gasteiger partial charge in [0.2, 0.25) is 5.91 Å². The molecule has 130 valence electrons. The minimum atomic E-state index is -4.51. The third-order valence-electron chi connectivity index (χ3n) is 2.95. The average Bonchev–Trinajstić information content (AvgIpc) is 2.94. The van der Waals surface area contributed by atoms with E-state index in [1.807, 2.05) is 0 Å². The molecule has 1 amide bonds. The van der Waals surface area contributed by atoms with Gasteiger partial charge < -0.3 is 15.2 Å². The van der Waals surface area contributed by atoms with E-state index < -0.39 is 18.0 Å². The molecular weight excluding hydrogens is 327 g/mol. The molecule has 0 aliphatic rings. The maximum Gasteiger partial charge on any atom is 0.435 e. The number of aliphatic hydroxyl groups excluding tert-OH is 1. The van der Waals surface area contributed by atoms with Gasteiger partial charge in [0.25, 0.3) is 0 Å². The number of carbonyl (C=O) groups is 1. The predicted molar refractivity (Wildman–Crippen MR) is 79.5 cm³/mol. The number of rotatable bonds is 6. The van der Waals surface area contributed by atoms with Crippen LogP contribution in [-0.4, -0.2) is 33.5 Å². The molecule has 0 saturated heterocycles. The summed E-state index contributed by atoms with van der Waals surface area (Å²) in [5.41, 5.74) is -0.407. The standard InChI is InChI=1S/C15H16F3N3O3/c1-10(22)19-11-2-4-13(5-3-11)24-9-12(23)8-21-7-6-14(20-21)15(16,17)18/h2-7,12,23H,8-9H2,1H3,(H,19,22). The maximum absolute atomic E-state index is 12.4. The molecule has 2 rings (SSSR count). The van der Waals surface area contributed by atoms with Gasteiger partial charge in [0, 0.05) is 18.8 Å². The topological polar surface area (TPSA) is 76.4 Å². The first-order valence-electron chi connectivity index (χ1n) is 7.03. The number of alkyl halides is 3. The molecule has 6 nitrogen and oxygen atoms in total. The summed E-state index contributed by atoms with van der Waals surface area (Å²) in [4.78, 5) is 10.9. The summed E-state index contributed by atoms with van der Waals surface area (Å²) in [5.74, 6) is 0.260. The van der Waals surface area contributed by atoms with E-state index in [0.29, 0.717) is 11.4 Å². The number of aromatic nitrogens is 2. The van der Waals surface area contributed by atoms with E-state index in [-0.39, 0.29) is 19.1 Å². The van der Waals surface area contributed by atoms with Gasteiger partial charge in [-0.25, -0.2) is 0 Å². The molecule has 0 aliphatic heterocycles. The van der Waals surface area contributed by atoms with Crippen LogP contribution in [0.5, 0.6) is 5.75 Å². The molecule has 2 aromatic rings. The van der Waals surface area contributed by atoms with Gasteiger partial charge >= 0.3 is 6.18 Å². The van der Waals surface area contributed by atoms with Crippen molar-refractivity contribution in [3.8, 4) is 5.75 Å². The minimum Gasteiger partial charge on any atom is -0.491 e. The number of hydrogen-bond acceptors (Lipinski definition) is 4. The lowest BCUT2D eigenvalue weighted by molar-refractivity contribution is -0.141. The van der Waals surface area contributed by atoms with Crippen molar-refractivity contribution in [3.63, 3.8) is 0 Å². The van der Waals surface area contributed by atoms with Crippen molar-refractivity contribution >= 4 is 11.6 Å². The summed E-state index contributed by atoms with van der Waals surface area (Å²) in [5, 5.41) is 15.8. The number of halogens is 3. The number of anilines is 1. The third-order valence-corrected chi connectivity index (χ3v) is 2.95. The van der Waals surface area contributed by atoms with Crippen molar-refractivity contribution in [2.24, 2.45) is 0 Å². The summed E-state index contributed by atoms with van der Waals surface area (Å²) in [6.45, 7) is 1.15. The number of hydrogen-bond donors (Lipinski definition) is 2. The Morgan fingerprint density at radius 2 is 2.00 bits per heavy atom. The quantitative estimate of drug-likeness (QED) is 0.844. The smallest absolute Gasteiger partial charge is 0.435 e. The first-order valence-corrected chi connectivity index (χ1v) is 7.03. The average molecular weight is 343 g/mol. The molecule has 0 radical (unpaired) electrons. The van der Waals surface area contributed by atoms with Crippen LogP contribution >= 0.6 is 0 Å². The maximum atomic E-state index is 12.4. The van der Waals surface area contributed by atoms with Crippen LogP contribution in [0.2, 0.25) is 0 Å². The van der Waals surface area contributed by atoms with E-state index in [0.717, 1.165) is 16.9 Å². The van der Waals surface area contributed by atoms with Crippen LogP contribution in [0.3, 0.4) is 0 Å². The molecule has 1 heterocycles. The van der Waals surface area contributed by atoms with Gasteiger partial charge in [0.15, 0.2) is 5.69 Å². The molecule has 9 heteroatoms. The van der Waals surface area contributed by atoms with E-state index >= 15 is 0 Å². The van der Waals surface area contributed by atoms with Gasteiger partial charge in [-0.2, -0.15) is 18.3 Å². The van der Waals surface area contributed by atoms with Gasteiger partial charge in [0.1, 0.15) is 18.5 Å². The second-order valence-corrected chi connectivity index (χ2v) is 5.09. The Balaban J connectivity index is 1.83. The highest BCUT2D eigenvalue weighted by molar-refractivity contribution is 5.88.